The van der Waals surface area contributed by atoms with E-state index in [1.54, 1.807) is 12.1 Å². The van der Waals surface area contributed by atoms with E-state index >= 15 is 0 Å². The minimum Gasteiger partial charge on any atom is -0.386 e. The van der Waals surface area contributed by atoms with E-state index < -0.39 is 18.0 Å². The van der Waals surface area contributed by atoms with Crippen molar-refractivity contribution in [3.8, 4) is 0 Å². The topological polar surface area (TPSA) is 29.5 Å². The van der Waals surface area contributed by atoms with E-state index in [0.29, 0.717) is 5.56 Å². The van der Waals surface area contributed by atoms with Crippen molar-refractivity contribution < 1.29 is 14.2 Å². The third kappa shape index (κ3) is 3.27. The molecule has 1 rings (SSSR count). The first kappa shape index (κ1) is 14.1. The molecule has 0 heterocycles. The molecular formula is C14H21FO2. The Morgan fingerprint density at radius 3 is 2.35 bits per heavy atom. The van der Waals surface area contributed by atoms with E-state index in [4.69, 9.17) is 4.74 Å². The van der Waals surface area contributed by atoms with Crippen molar-refractivity contribution in [3.63, 3.8) is 0 Å². The average Bonchev–Trinajstić information content (AvgIpc) is 2.20. The summed E-state index contributed by atoms with van der Waals surface area (Å²) in [6.45, 7) is 7.74. The first-order chi connectivity index (χ1) is 7.77. The number of aliphatic hydroxyl groups is 1. The number of rotatable bonds is 3. The van der Waals surface area contributed by atoms with Gasteiger partial charge in [0.25, 0.3) is 0 Å². The summed E-state index contributed by atoms with van der Waals surface area (Å²) in [5.41, 5.74) is 0.959. The van der Waals surface area contributed by atoms with Crippen LogP contribution in [0.3, 0.4) is 0 Å². The molecule has 96 valence electrons. The van der Waals surface area contributed by atoms with Gasteiger partial charge in [-0.15, -0.1) is 0 Å². The summed E-state index contributed by atoms with van der Waals surface area (Å²) >= 11 is 0. The van der Waals surface area contributed by atoms with Gasteiger partial charge in [-0.05, 0) is 18.4 Å². The Bertz CT molecular complexity index is 382. The molecule has 0 saturated heterocycles. The van der Waals surface area contributed by atoms with Gasteiger partial charge in [0.05, 0.1) is 6.10 Å². The Balaban J connectivity index is 3.10. The van der Waals surface area contributed by atoms with Crippen molar-refractivity contribution >= 4 is 0 Å². The third-order valence-electron chi connectivity index (χ3n) is 2.86. The van der Waals surface area contributed by atoms with Gasteiger partial charge < -0.3 is 9.84 Å². The van der Waals surface area contributed by atoms with Gasteiger partial charge in [-0.1, -0.05) is 38.5 Å². The molecule has 17 heavy (non-hydrogen) atoms. The van der Waals surface area contributed by atoms with E-state index in [1.165, 1.54) is 13.2 Å². The monoisotopic (exact) mass is 240 g/mol. The molecule has 0 spiro atoms. The van der Waals surface area contributed by atoms with Crippen molar-refractivity contribution in [3.05, 3.63) is 35.1 Å². The molecule has 1 aromatic rings. The highest BCUT2D eigenvalue weighted by Crippen LogP contribution is 2.33. The minimum atomic E-state index is -0.958. The van der Waals surface area contributed by atoms with Gasteiger partial charge >= 0.3 is 0 Å². The molecule has 2 nitrogen and oxygen atoms in total. The molecule has 0 amide bonds. The molecule has 1 aromatic carbocycles. The lowest BCUT2D eigenvalue weighted by Crippen LogP contribution is -2.34. The Kier molecular flexibility index (Phi) is 4.28. The van der Waals surface area contributed by atoms with Crippen LogP contribution in [0.1, 0.15) is 38.0 Å². The fraction of sp³-hybridized carbons (Fsp3) is 0.571. The van der Waals surface area contributed by atoms with E-state index in [1.807, 2.05) is 27.7 Å². The van der Waals surface area contributed by atoms with Crippen LogP contribution >= 0.6 is 0 Å². The Morgan fingerprint density at radius 2 is 1.88 bits per heavy atom. The van der Waals surface area contributed by atoms with Crippen LogP contribution in [0.2, 0.25) is 0 Å². The Labute approximate surface area is 102 Å². The van der Waals surface area contributed by atoms with Crippen LogP contribution in [0.4, 0.5) is 4.39 Å². The highest BCUT2D eigenvalue weighted by molar-refractivity contribution is 5.27. The highest BCUT2D eigenvalue weighted by atomic mass is 19.1. The van der Waals surface area contributed by atoms with Gasteiger partial charge in [-0.25, -0.2) is 4.39 Å². The number of benzene rings is 1. The number of aliphatic hydroxyl groups excluding tert-OH is 1. The van der Waals surface area contributed by atoms with E-state index in [2.05, 4.69) is 0 Å². The van der Waals surface area contributed by atoms with Gasteiger partial charge in [-0.3, -0.25) is 0 Å². The van der Waals surface area contributed by atoms with E-state index in [-0.39, 0.29) is 5.41 Å². The Hall–Kier alpha value is -0.930. The summed E-state index contributed by atoms with van der Waals surface area (Å²) in [5.74, 6) is -0.394. The Morgan fingerprint density at radius 1 is 1.29 bits per heavy atom. The molecule has 0 aliphatic heterocycles. The van der Waals surface area contributed by atoms with Crippen molar-refractivity contribution in [2.45, 2.75) is 39.9 Å². The lowest BCUT2D eigenvalue weighted by atomic mass is 9.83. The second kappa shape index (κ2) is 5.15. The zero-order valence-corrected chi connectivity index (χ0v) is 11.1. The highest BCUT2D eigenvalue weighted by Gasteiger charge is 2.33. The standard InChI is InChI=1S/C14H21FO2/c1-9-6-7-11(15)10(8-9)12(16)13(17-5)14(2,3)4/h6-8,12-13,16H,1-5H3. The van der Waals surface area contributed by atoms with Crippen molar-refractivity contribution in [1.29, 1.82) is 0 Å². The predicted molar refractivity (Wildman–Crippen MR) is 66.3 cm³/mol. The summed E-state index contributed by atoms with van der Waals surface area (Å²) in [6.07, 6.45) is -1.40. The van der Waals surface area contributed by atoms with Crippen LogP contribution < -0.4 is 0 Å². The second-order valence-corrected chi connectivity index (χ2v) is 5.49. The average molecular weight is 240 g/mol. The molecule has 2 unspecified atom stereocenters. The molecule has 0 aliphatic rings. The fourth-order valence-electron chi connectivity index (χ4n) is 2.01. The second-order valence-electron chi connectivity index (χ2n) is 5.49. The molecule has 3 heteroatoms. The zero-order valence-electron chi connectivity index (χ0n) is 11.1. The van der Waals surface area contributed by atoms with Gasteiger partial charge in [0.2, 0.25) is 0 Å². The maximum absolute atomic E-state index is 13.7. The van der Waals surface area contributed by atoms with Crippen LogP contribution in [0.25, 0.3) is 0 Å². The van der Waals surface area contributed by atoms with Crippen molar-refractivity contribution in [2.24, 2.45) is 5.41 Å². The first-order valence-corrected chi connectivity index (χ1v) is 5.74. The number of aryl methyl sites for hydroxylation is 1. The molecule has 1 N–H and O–H groups in total. The number of hydrogen-bond acceptors (Lipinski definition) is 2. The van der Waals surface area contributed by atoms with E-state index in [0.717, 1.165) is 5.56 Å². The zero-order chi connectivity index (χ0) is 13.2. The van der Waals surface area contributed by atoms with Gasteiger partial charge in [-0.2, -0.15) is 0 Å². The molecule has 0 bridgehead atoms. The number of ether oxygens (including phenoxy) is 1. The van der Waals surface area contributed by atoms with Crippen LogP contribution in [0, 0.1) is 18.2 Å². The largest absolute Gasteiger partial charge is 0.386 e. The molecule has 0 fully saturated rings. The van der Waals surface area contributed by atoms with Crippen LogP contribution in [0.15, 0.2) is 18.2 Å². The van der Waals surface area contributed by atoms with Crippen LogP contribution in [-0.2, 0) is 4.74 Å². The predicted octanol–water partition coefficient (Wildman–Crippen LogP) is 3.23. The SMILES string of the molecule is COC(C(O)c1cc(C)ccc1F)C(C)(C)C. The molecule has 0 aliphatic carbocycles. The number of hydrogen-bond donors (Lipinski definition) is 1. The summed E-state index contributed by atoms with van der Waals surface area (Å²) in [4.78, 5) is 0. The molecule has 2 atom stereocenters. The van der Waals surface area contributed by atoms with Gasteiger partial charge in [0.15, 0.2) is 0 Å². The van der Waals surface area contributed by atoms with Gasteiger partial charge in [0, 0.05) is 12.7 Å². The van der Waals surface area contributed by atoms with Crippen LogP contribution in [-0.4, -0.2) is 18.3 Å². The smallest absolute Gasteiger partial charge is 0.129 e. The normalized spacial score (nSPS) is 15.7. The number of halogens is 1. The maximum Gasteiger partial charge on any atom is 0.129 e. The summed E-state index contributed by atoms with van der Waals surface area (Å²) in [7, 11) is 1.53. The lowest BCUT2D eigenvalue weighted by Gasteiger charge is -2.33. The minimum absolute atomic E-state index is 0.260. The molecule has 0 radical (unpaired) electrons. The van der Waals surface area contributed by atoms with Crippen molar-refractivity contribution in [1.82, 2.24) is 0 Å². The number of methoxy groups -OCH3 is 1. The third-order valence-corrected chi connectivity index (χ3v) is 2.86. The summed E-state index contributed by atoms with van der Waals surface area (Å²) in [5, 5.41) is 10.3. The summed E-state index contributed by atoms with van der Waals surface area (Å²) < 4.78 is 19.0. The molecule has 0 saturated carbocycles. The quantitative estimate of drug-likeness (QED) is 0.879. The van der Waals surface area contributed by atoms with Crippen LogP contribution in [0.5, 0.6) is 0 Å². The maximum atomic E-state index is 13.7. The fourth-order valence-corrected chi connectivity index (χ4v) is 2.01. The van der Waals surface area contributed by atoms with Gasteiger partial charge in [0.1, 0.15) is 11.9 Å². The van der Waals surface area contributed by atoms with Crippen molar-refractivity contribution in [2.75, 3.05) is 7.11 Å². The molecule has 0 aromatic heterocycles. The first-order valence-electron chi connectivity index (χ1n) is 5.74. The summed E-state index contributed by atoms with van der Waals surface area (Å²) in [6, 6.07) is 4.73. The lowest BCUT2D eigenvalue weighted by molar-refractivity contribution is -0.0735. The van der Waals surface area contributed by atoms with E-state index in [9.17, 15) is 9.50 Å². The molecular weight excluding hydrogens is 219 g/mol.